The van der Waals surface area contributed by atoms with Crippen molar-refractivity contribution < 1.29 is 14.3 Å². The third kappa shape index (κ3) is 4.59. The molecule has 0 aliphatic carbocycles. The average molecular weight is 385 g/mol. The molecule has 25 heavy (non-hydrogen) atoms. The molecule has 0 bridgehead atoms. The van der Waals surface area contributed by atoms with Gasteiger partial charge in [-0.25, -0.2) is 0 Å². The van der Waals surface area contributed by atoms with Crippen LogP contribution in [0.3, 0.4) is 0 Å². The second kappa shape index (κ2) is 8.28. The molecule has 136 valence electrons. The summed E-state index contributed by atoms with van der Waals surface area (Å²) in [7, 11) is 0. The first kappa shape index (κ1) is 18.3. The lowest BCUT2D eigenvalue weighted by molar-refractivity contribution is -0.140. The fraction of sp³-hybridized carbons (Fsp3) is 0.556. The Balaban J connectivity index is 1.46. The van der Waals surface area contributed by atoms with Crippen molar-refractivity contribution >= 4 is 35.0 Å². The Morgan fingerprint density at radius 3 is 2.40 bits per heavy atom. The smallest absolute Gasteiger partial charge is 0.260 e. The third-order valence-electron chi connectivity index (χ3n) is 4.86. The van der Waals surface area contributed by atoms with Crippen molar-refractivity contribution in [3.63, 3.8) is 0 Å². The molecule has 0 unspecified atom stereocenters. The summed E-state index contributed by atoms with van der Waals surface area (Å²) in [6.45, 7) is 2.87. The van der Waals surface area contributed by atoms with Crippen molar-refractivity contribution in [3.05, 3.63) is 28.2 Å². The number of benzene rings is 1. The van der Waals surface area contributed by atoms with E-state index >= 15 is 0 Å². The maximum Gasteiger partial charge on any atom is 0.260 e. The maximum atomic E-state index is 12.4. The summed E-state index contributed by atoms with van der Waals surface area (Å²) in [6.07, 6.45) is 3.65. The molecule has 2 aliphatic rings. The Labute approximate surface area is 157 Å². The van der Waals surface area contributed by atoms with Crippen molar-refractivity contribution in [2.45, 2.75) is 25.7 Å². The highest BCUT2D eigenvalue weighted by molar-refractivity contribution is 6.34. The highest BCUT2D eigenvalue weighted by Crippen LogP contribution is 2.28. The van der Waals surface area contributed by atoms with E-state index in [1.54, 1.807) is 23.1 Å². The molecule has 0 N–H and O–H groups in total. The SMILES string of the molecule is O=C(COc1cc(Cl)ccc1Cl)N1CCC(C(=O)N2CCCC2)CC1. The predicted molar refractivity (Wildman–Crippen MR) is 97.1 cm³/mol. The average Bonchev–Trinajstić information content (AvgIpc) is 3.16. The number of nitrogens with zero attached hydrogens (tertiary/aromatic N) is 2. The van der Waals surface area contributed by atoms with Gasteiger partial charge in [-0.2, -0.15) is 0 Å². The lowest BCUT2D eigenvalue weighted by Crippen LogP contribution is -2.45. The van der Waals surface area contributed by atoms with Crippen molar-refractivity contribution in [2.24, 2.45) is 5.92 Å². The Bertz CT molecular complexity index is 639. The zero-order valence-corrected chi connectivity index (χ0v) is 15.6. The lowest BCUT2D eigenvalue weighted by Gasteiger charge is -2.33. The number of carbonyl (C=O) groups excluding carboxylic acids is 2. The van der Waals surface area contributed by atoms with Gasteiger partial charge in [-0.15, -0.1) is 0 Å². The topological polar surface area (TPSA) is 49.9 Å². The normalized spacial score (nSPS) is 18.5. The molecule has 0 atom stereocenters. The van der Waals surface area contributed by atoms with Crippen molar-refractivity contribution in [3.8, 4) is 5.75 Å². The lowest BCUT2D eigenvalue weighted by atomic mass is 9.95. The summed E-state index contributed by atoms with van der Waals surface area (Å²) in [5.41, 5.74) is 0. The highest BCUT2D eigenvalue weighted by atomic mass is 35.5. The number of halogens is 2. The molecule has 2 fully saturated rings. The molecule has 2 aliphatic heterocycles. The second-order valence-electron chi connectivity index (χ2n) is 6.55. The van der Waals surface area contributed by atoms with Crippen LogP contribution in [0.1, 0.15) is 25.7 Å². The van der Waals surface area contributed by atoms with E-state index < -0.39 is 0 Å². The van der Waals surface area contributed by atoms with Gasteiger partial charge in [-0.1, -0.05) is 23.2 Å². The number of hydrogen-bond donors (Lipinski definition) is 0. The minimum absolute atomic E-state index is 0.0467. The van der Waals surface area contributed by atoms with Crippen molar-refractivity contribution in [1.82, 2.24) is 9.80 Å². The van der Waals surface area contributed by atoms with Crippen LogP contribution in [0, 0.1) is 5.92 Å². The fourth-order valence-corrected chi connectivity index (χ4v) is 3.72. The van der Waals surface area contributed by atoms with Crippen LogP contribution in [0.5, 0.6) is 5.75 Å². The number of hydrogen-bond acceptors (Lipinski definition) is 3. The quantitative estimate of drug-likeness (QED) is 0.800. The van der Waals surface area contributed by atoms with Crippen molar-refractivity contribution in [2.75, 3.05) is 32.8 Å². The number of carbonyl (C=O) groups is 2. The zero-order chi connectivity index (χ0) is 17.8. The van der Waals surface area contributed by atoms with Gasteiger partial charge < -0.3 is 14.5 Å². The van der Waals surface area contributed by atoms with E-state index in [1.807, 2.05) is 4.90 Å². The predicted octanol–water partition coefficient (Wildman–Crippen LogP) is 3.23. The van der Waals surface area contributed by atoms with Gasteiger partial charge in [0, 0.05) is 43.2 Å². The first-order valence-electron chi connectivity index (χ1n) is 8.69. The maximum absolute atomic E-state index is 12.4. The Morgan fingerprint density at radius 1 is 1.04 bits per heavy atom. The second-order valence-corrected chi connectivity index (χ2v) is 7.39. The molecule has 1 aromatic carbocycles. The number of amides is 2. The number of rotatable bonds is 4. The van der Waals surface area contributed by atoms with Gasteiger partial charge in [0.25, 0.3) is 5.91 Å². The number of piperidine rings is 1. The van der Waals surface area contributed by atoms with Crippen LogP contribution in [-0.2, 0) is 9.59 Å². The molecule has 5 nitrogen and oxygen atoms in total. The largest absolute Gasteiger partial charge is 0.482 e. The van der Waals surface area contributed by atoms with Gasteiger partial charge in [-0.3, -0.25) is 9.59 Å². The number of likely N-dealkylation sites (tertiary alicyclic amines) is 2. The van der Waals surface area contributed by atoms with Gasteiger partial charge in [-0.05, 0) is 37.8 Å². The van der Waals surface area contributed by atoms with Crippen LogP contribution < -0.4 is 4.74 Å². The van der Waals surface area contributed by atoms with Gasteiger partial charge in [0.2, 0.25) is 5.91 Å². The van der Waals surface area contributed by atoms with Crippen LogP contribution in [0.25, 0.3) is 0 Å². The van der Waals surface area contributed by atoms with E-state index in [0.717, 1.165) is 38.8 Å². The van der Waals surface area contributed by atoms with Crippen LogP contribution in [0.4, 0.5) is 0 Å². The Kier molecular flexibility index (Phi) is 6.07. The van der Waals surface area contributed by atoms with Crippen LogP contribution in [-0.4, -0.2) is 54.4 Å². The minimum atomic E-state index is -0.0943. The van der Waals surface area contributed by atoms with Gasteiger partial charge in [0.05, 0.1) is 5.02 Å². The molecule has 3 rings (SSSR count). The fourth-order valence-electron chi connectivity index (χ4n) is 3.39. The molecule has 0 spiro atoms. The van der Waals surface area contributed by atoms with Crippen molar-refractivity contribution in [1.29, 1.82) is 0 Å². The molecule has 7 heteroatoms. The zero-order valence-electron chi connectivity index (χ0n) is 14.0. The standard InChI is InChI=1S/C18H22Cl2N2O3/c19-14-3-4-15(20)16(11-14)25-12-17(23)21-9-5-13(6-10-21)18(24)22-7-1-2-8-22/h3-4,11,13H,1-2,5-10,12H2. The van der Waals surface area contributed by atoms with E-state index in [4.69, 9.17) is 27.9 Å². The van der Waals surface area contributed by atoms with Gasteiger partial charge >= 0.3 is 0 Å². The monoisotopic (exact) mass is 384 g/mol. The minimum Gasteiger partial charge on any atom is -0.482 e. The van der Waals surface area contributed by atoms with E-state index in [9.17, 15) is 9.59 Å². The first-order valence-corrected chi connectivity index (χ1v) is 9.44. The Hall–Kier alpha value is -1.46. The van der Waals surface area contributed by atoms with E-state index in [2.05, 4.69) is 0 Å². The molecule has 1 aromatic rings. The summed E-state index contributed by atoms with van der Waals surface area (Å²) in [4.78, 5) is 28.5. The molecule has 2 saturated heterocycles. The van der Waals surface area contributed by atoms with E-state index in [-0.39, 0.29) is 24.3 Å². The first-order chi connectivity index (χ1) is 12.0. The molecule has 2 heterocycles. The van der Waals surface area contributed by atoms with Crippen LogP contribution in [0.2, 0.25) is 10.0 Å². The molecule has 2 amide bonds. The summed E-state index contributed by atoms with van der Waals surface area (Å²) in [6, 6.07) is 4.90. The van der Waals surface area contributed by atoms with Gasteiger partial charge in [0.15, 0.2) is 6.61 Å². The molecule has 0 saturated carbocycles. The van der Waals surface area contributed by atoms with Crippen LogP contribution in [0.15, 0.2) is 18.2 Å². The molecule has 0 aromatic heterocycles. The molecule has 0 radical (unpaired) electrons. The van der Waals surface area contributed by atoms with E-state index in [1.165, 1.54) is 0 Å². The molecular weight excluding hydrogens is 363 g/mol. The summed E-state index contributed by atoms with van der Waals surface area (Å²) < 4.78 is 5.51. The summed E-state index contributed by atoms with van der Waals surface area (Å²) in [5.74, 6) is 0.613. The van der Waals surface area contributed by atoms with Crippen LogP contribution >= 0.6 is 23.2 Å². The third-order valence-corrected chi connectivity index (χ3v) is 5.41. The Morgan fingerprint density at radius 2 is 1.72 bits per heavy atom. The highest BCUT2D eigenvalue weighted by Gasteiger charge is 2.31. The summed E-state index contributed by atoms with van der Waals surface area (Å²) in [5, 5.41) is 0.931. The number of ether oxygens (including phenoxy) is 1. The van der Waals surface area contributed by atoms with E-state index in [0.29, 0.717) is 28.9 Å². The van der Waals surface area contributed by atoms with Gasteiger partial charge in [0.1, 0.15) is 5.75 Å². The summed E-state index contributed by atoms with van der Waals surface area (Å²) >= 11 is 11.9. The molecular formula is C18H22Cl2N2O3.